The fourth-order valence-electron chi connectivity index (χ4n) is 1.86. The Kier molecular flexibility index (Phi) is 5.43. The first-order chi connectivity index (χ1) is 10.1. The van der Waals surface area contributed by atoms with Crippen LogP contribution in [0.3, 0.4) is 0 Å². The monoisotopic (exact) mass is 320 g/mol. The molecule has 0 N–H and O–H groups in total. The highest BCUT2D eigenvalue weighted by atomic mass is 35.5. The second kappa shape index (κ2) is 7.30. The van der Waals surface area contributed by atoms with E-state index in [0.717, 1.165) is 16.7 Å². The molecule has 0 heterocycles. The number of benzene rings is 2. The molecule has 0 radical (unpaired) electrons. The van der Waals surface area contributed by atoms with Crippen LogP contribution < -0.4 is 0 Å². The summed E-state index contributed by atoms with van der Waals surface area (Å²) in [6, 6.07) is 13.1. The van der Waals surface area contributed by atoms with E-state index in [9.17, 15) is 4.79 Å². The Balaban J connectivity index is 2.17. The Labute approximate surface area is 134 Å². The Morgan fingerprint density at radius 3 is 2.24 bits per heavy atom. The molecule has 2 nitrogen and oxygen atoms in total. The van der Waals surface area contributed by atoms with Crippen molar-refractivity contribution in [3.63, 3.8) is 0 Å². The van der Waals surface area contributed by atoms with Gasteiger partial charge in [0, 0.05) is 16.1 Å². The average Bonchev–Trinajstić information content (AvgIpc) is 2.45. The molecule has 0 saturated carbocycles. The zero-order valence-electron chi connectivity index (χ0n) is 11.5. The van der Waals surface area contributed by atoms with Crippen molar-refractivity contribution in [2.24, 2.45) is 0 Å². The molecule has 4 heteroatoms. The third-order valence-electron chi connectivity index (χ3n) is 2.81. The van der Waals surface area contributed by atoms with Gasteiger partial charge in [0.2, 0.25) is 0 Å². The van der Waals surface area contributed by atoms with Crippen LogP contribution in [0, 0.1) is 0 Å². The second-order valence-corrected chi connectivity index (χ2v) is 5.24. The van der Waals surface area contributed by atoms with Gasteiger partial charge < -0.3 is 4.74 Å². The molecule has 2 rings (SSSR count). The summed E-state index contributed by atoms with van der Waals surface area (Å²) in [5.41, 5.74) is 2.88. The Morgan fingerprint density at radius 1 is 1.05 bits per heavy atom. The maximum Gasteiger partial charge on any atom is 0.330 e. The van der Waals surface area contributed by atoms with Crippen LogP contribution in [0.4, 0.5) is 0 Å². The number of hydrogen-bond donors (Lipinski definition) is 0. The summed E-state index contributed by atoms with van der Waals surface area (Å²) in [6.45, 7) is 2.15. The zero-order chi connectivity index (χ0) is 15.2. The fourth-order valence-corrected chi connectivity index (χ4v) is 2.39. The van der Waals surface area contributed by atoms with Crippen LogP contribution in [0.2, 0.25) is 10.0 Å². The molecule has 0 saturated heterocycles. The standard InChI is InChI=1S/C17H14Cl2O2/c1-2-21-17(20)8-5-12-3-6-13(7-4-12)14-9-15(18)11-16(19)10-14/h3-11H,2H2,1H3/b8-5+. The quantitative estimate of drug-likeness (QED) is 0.569. The highest BCUT2D eigenvalue weighted by Gasteiger charge is 2.01. The number of carbonyl (C=O) groups is 1. The molecule has 2 aromatic carbocycles. The molecule has 0 amide bonds. The van der Waals surface area contributed by atoms with Gasteiger partial charge in [-0.2, -0.15) is 0 Å². The lowest BCUT2D eigenvalue weighted by molar-refractivity contribution is -0.137. The van der Waals surface area contributed by atoms with Gasteiger partial charge in [0.15, 0.2) is 0 Å². The van der Waals surface area contributed by atoms with E-state index in [1.54, 1.807) is 19.1 Å². The number of carbonyl (C=O) groups excluding carboxylic acids is 1. The van der Waals surface area contributed by atoms with Crippen LogP contribution in [-0.2, 0) is 9.53 Å². The Morgan fingerprint density at radius 2 is 1.67 bits per heavy atom. The van der Waals surface area contributed by atoms with Gasteiger partial charge in [-0.15, -0.1) is 0 Å². The maximum atomic E-state index is 11.2. The molecule has 108 valence electrons. The molecule has 0 atom stereocenters. The minimum absolute atomic E-state index is 0.344. The molecule has 0 unspecified atom stereocenters. The summed E-state index contributed by atoms with van der Waals surface area (Å²) in [5, 5.41) is 1.20. The number of ether oxygens (including phenoxy) is 1. The highest BCUT2D eigenvalue weighted by Crippen LogP contribution is 2.27. The van der Waals surface area contributed by atoms with Gasteiger partial charge in [-0.25, -0.2) is 4.79 Å². The van der Waals surface area contributed by atoms with E-state index in [4.69, 9.17) is 27.9 Å². The van der Waals surface area contributed by atoms with E-state index in [-0.39, 0.29) is 5.97 Å². The molecule has 0 aliphatic carbocycles. The van der Waals surface area contributed by atoms with Crippen LogP contribution in [0.5, 0.6) is 0 Å². The molecule has 0 bridgehead atoms. The number of hydrogen-bond acceptors (Lipinski definition) is 2. The largest absolute Gasteiger partial charge is 0.463 e. The molecule has 0 aliphatic heterocycles. The van der Waals surface area contributed by atoms with E-state index >= 15 is 0 Å². The van der Waals surface area contributed by atoms with Crippen LogP contribution in [-0.4, -0.2) is 12.6 Å². The Hall–Kier alpha value is -1.77. The normalized spacial score (nSPS) is 10.8. The second-order valence-electron chi connectivity index (χ2n) is 4.37. The smallest absolute Gasteiger partial charge is 0.330 e. The minimum atomic E-state index is -0.344. The first-order valence-corrected chi connectivity index (χ1v) is 7.25. The van der Waals surface area contributed by atoms with Crippen molar-refractivity contribution in [2.75, 3.05) is 6.61 Å². The molecular weight excluding hydrogens is 307 g/mol. The third-order valence-corrected chi connectivity index (χ3v) is 3.24. The van der Waals surface area contributed by atoms with Gasteiger partial charge in [0.05, 0.1) is 6.61 Å². The van der Waals surface area contributed by atoms with Crippen molar-refractivity contribution in [1.82, 2.24) is 0 Å². The lowest BCUT2D eigenvalue weighted by Gasteiger charge is -2.04. The average molecular weight is 321 g/mol. The Bertz CT molecular complexity index is 641. The molecule has 0 spiro atoms. The van der Waals surface area contributed by atoms with E-state index in [2.05, 4.69) is 0 Å². The molecular formula is C17H14Cl2O2. The van der Waals surface area contributed by atoms with Crippen molar-refractivity contribution < 1.29 is 9.53 Å². The predicted molar refractivity (Wildman–Crippen MR) is 87.6 cm³/mol. The van der Waals surface area contributed by atoms with Crippen molar-refractivity contribution >= 4 is 35.2 Å². The molecule has 0 aliphatic rings. The summed E-state index contributed by atoms with van der Waals surface area (Å²) >= 11 is 12.0. The summed E-state index contributed by atoms with van der Waals surface area (Å²) in [7, 11) is 0. The van der Waals surface area contributed by atoms with Gasteiger partial charge in [-0.05, 0) is 47.9 Å². The highest BCUT2D eigenvalue weighted by molar-refractivity contribution is 6.35. The van der Waals surface area contributed by atoms with Crippen molar-refractivity contribution in [2.45, 2.75) is 6.92 Å². The van der Waals surface area contributed by atoms with Crippen LogP contribution >= 0.6 is 23.2 Å². The van der Waals surface area contributed by atoms with E-state index in [0.29, 0.717) is 16.7 Å². The lowest BCUT2D eigenvalue weighted by atomic mass is 10.0. The van der Waals surface area contributed by atoms with Crippen LogP contribution in [0.15, 0.2) is 48.5 Å². The van der Waals surface area contributed by atoms with E-state index in [1.807, 2.05) is 36.4 Å². The van der Waals surface area contributed by atoms with E-state index in [1.165, 1.54) is 6.08 Å². The molecule has 21 heavy (non-hydrogen) atoms. The van der Waals surface area contributed by atoms with Gasteiger partial charge in [0.25, 0.3) is 0 Å². The maximum absolute atomic E-state index is 11.2. The SMILES string of the molecule is CCOC(=O)/C=C/c1ccc(-c2cc(Cl)cc(Cl)c2)cc1. The van der Waals surface area contributed by atoms with Crippen molar-refractivity contribution in [3.8, 4) is 11.1 Å². The summed E-state index contributed by atoms with van der Waals surface area (Å²) in [6.07, 6.45) is 3.13. The lowest BCUT2D eigenvalue weighted by Crippen LogP contribution is -1.98. The van der Waals surface area contributed by atoms with Gasteiger partial charge in [-0.3, -0.25) is 0 Å². The van der Waals surface area contributed by atoms with E-state index < -0.39 is 0 Å². The first kappa shape index (κ1) is 15.6. The van der Waals surface area contributed by atoms with Crippen molar-refractivity contribution in [3.05, 3.63) is 64.1 Å². The summed E-state index contributed by atoms with van der Waals surface area (Å²) in [4.78, 5) is 11.2. The predicted octanol–water partition coefficient (Wildman–Crippen LogP) is 5.24. The summed E-state index contributed by atoms with van der Waals surface area (Å²) in [5.74, 6) is -0.344. The molecule has 2 aromatic rings. The fraction of sp³-hybridized carbons (Fsp3) is 0.118. The third kappa shape index (κ3) is 4.62. The van der Waals surface area contributed by atoms with Crippen LogP contribution in [0.25, 0.3) is 17.2 Å². The van der Waals surface area contributed by atoms with Gasteiger partial charge in [-0.1, -0.05) is 47.5 Å². The summed E-state index contributed by atoms with van der Waals surface area (Å²) < 4.78 is 4.83. The topological polar surface area (TPSA) is 26.3 Å². The minimum Gasteiger partial charge on any atom is -0.463 e. The zero-order valence-corrected chi connectivity index (χ0v) is 13.0. The molecule has 0 fully saturated rings. The first-order valence-electron chi connectivity index (χ1n) is 6.50. The molecule has 0 aromatic heterocycles. The number of halogens is 2. The number of esters is 1. The van der Waals surface area contributed by atoms with Crippen LogP contribution in [0.1, 0.15) is 12.5 Å². The number of rotatable bonds is 4. The van der Waals surface area contributed by atoms with Crippen molar-refractivity contribution in [1.29, 1.82) is 0 Å². The van der Waals surface area contributed by atoms with Gasteiger partial charge in [0.1, 0.15) is 0 Å². The van der Waals surface area contributed by atoms with Gasteiger partial charge >= 0.3 is 5.97 Å².